The Kier molecular flexibility index (Phi) is 15.7. The van der Waals surface area contributed by atoms with Crippen molar-refractivity contribution in [2.24, 2.45) is 5.73 Å². The van der Waals surface area contributed by atoms with Gasteiger partial charge in [-0.2, -0.15) is 5.10 Å². The van der Waals surface area contributed by atoms with Gasteiger partial charge in [-0.1, -0.05) is 39.2 Å². The fourth-order valence-electron chi connectivity index (χ4n) is 2.13. The maximum atomic E-state index is 13.3. The van der Waals surface area contributed by atoms with Gasteiger partial charge in [-0.05, 0) is 45.1 Å². The van der Waals surface area contributed by atoms with Crippen LogP contribution in [0.5, 0.6) is 0 Å². The highest BCUT2D eigenvalue weighted by Gasteiger charge is 2.18. The number of hydrogen-bond donors (Lipinski definition) is 4. The number of benzene rings is 1. The van der Waals surface area contributed by atoms with Crippen LogP contribution in [0.2, 0.25) is 0 Å². The third kappa shape index (κ3) is 10.8. The molecule has 0 aliphatic heterocycles. The molecule has 0 atom stereocenters. The van der Waals surface area contributed by atoms with Gasteiger partial charge < -0.3 is 16.4 Å². The minimum atomic E-state index is -0.991. The highest BCUT2D eigenvalue weighted by Crippen LogP contribution is 2.16. The zero-order valence-electron chi connectivity index (χ0n) is 17.9. The molecule has 1 amide bonds. The summed E-state index contributed by atoms with van der Waals surface area (Å²) in [5.41, 5.74) is 4.57. The summed E-state index contributed by atoms with van der Waals surface area (Å²) in [5.74, 6) is -2.96. The Labute approximate surface area is 176 Å². The van der Waals surface area contributed by atoms with Gasteiger partial charge in [0.2, 0.25) is 0 Å². The summed E-state index contributed by atoms with van der Waals surface area (Å²) in [6, 6.07) is 3.08. The largest absolute Gasteiger partial charge is 0.330 e. The van der Waals surface area contributed by atoms with Crippen molar-refractivity contribution in [3.05, 3.63) is 47.3 Å². The lowest BCUT2D eigenvalue weighted by Crippen LogP contribution is -2.16. The molecule has 0 fully saturated rings. The summed E-state index contributed by atoms with van der Waals surface area (Å²) in [7, 11) is 1.98. The fourth-order valence-corrected chi connectivity index (χ4v) is 2.13. The molecule has 1 heterocycles. The van der Waals surface area contributed by atoms with Crippen LogP contribution in [-0.2, 0) is 0 Å². The normalized spacial score (nSPS) is 9.67. The number of aromatic amines is 1. The quantitative estimate of drug-likeness (QED) is 0.360. The summed E-state index contributed by atoms with van der Waals surface area (Å²) < 4.78 is 26.6. The molecule has 0 spiro atoms. The Hall–Kier alpha value is -2.65. The van der Waals surface area contributed by atoms with Crippen molar-refractivity contribution in [1.29, 1.82) is 0 Å². The average Bonchev–Trinajstić information content (AvgIpc) is 3.18. The summed E-state index contributed by atoms with van der Waals surface area (Å²) in [6.07, 6.45) is 7.95. The van der Waals surface area contributed by atoms with Crippen LogP contribution in [0.25, 0.3) is 0 Å². The molecule has 0 unspecified atom stereocenters. The molecule has 1 aromatic carbocycles. The Balaban J connectivity index is 0.000000580. The number of carbonyl (C=O) groups is 2. The first-order valence-electron chi connectivity index (χ1n) is 10.0. The van der Waals surface area contributed by atoms with E-state index in [1.165, 1.54) is 38.3 Å². The van der Waals surface area contributed by atoms with Gasteiger partial charge in [0, 0.05) is 0 Å². The molecule has 0 radical (unpaired) electrons. The number of hydrogen-bond acceptors (Lipinski definition) is 5. The summed E-state index contributed by atoms with van der Waals surface area (Å²) in [5, 5.41) is 11.1. The molecule has 5 N–H and O–H groups in total. The van der Waals surface area contributed by atoms with Gasteiger partial charge in [0.25, 0.3) is 5.91 Å². The number of nitrogens with two attached hydrogens (primary N) is 1. The van der Waals surface area contributed by atoms with E-state index in [-0.39, 0.29) is 11.4 Å². The Morgan fingerprint density at radius 3 is 2.23 bits per heavy atom. The highest BCUT2D eigenvalue weighted by atomic mass is 19.1. The van der Waals surface area contributed by atoms with Crippen molar-refractivity contribution in [2.75, 3.05) is 25.5 Å². The molecule has 9 heteroatoms. The molecular weight excluding hydrogens is 392 g/mol. The van der Waals surface area contributed by atoms with Crippen molar-refractivity contribution in [2.45, 2.75) is 46.0 Å². The van der Waals surface area contributed by atoms with Crippen molar-refractivity contribution in [3.8, 4) is 0 Å². The van der Waals surface area contributed by atoms with Crippen molar-refractivity contribution >= 4 is 17.9 Å². The van der Waals surface area contributed by atoms with Crippen LogP contribution in [-0.4, -0.2) is 42.5 Å². The first kappa shape index (κ1) is 27.4. The zero-order valence-corrected chi connectivity index (χ0v) is 17.9. The molecule has 0 saturated heterocycles. The second kappa shape index (κ2) is 17.2. The average molecular weight is 426 g/mol. The predicted molar refractivity (Wildman–Crippen MR) is 116 cm³/mol. The van der Waals surface area contributed by atoms with Crippen LogP contribution < -0.4 is 16.4 Å². The highest BCUT2D eigenvalue weighted by molar-refractivity contribution is 6.06. The molecule has 0 aliphatic carbocycles. The van der Waals surface area contributed by atoms with E-state index >= 15 is 0 Å². The van der Waals surface area contributed by atoms with Gasteiger partial charge >= 0.3 is 0 Å². The van der Waals surface area contributed by atoms with E-state index < -0.39 is 23.1 Å². The number of unbranched alkanes of at least 4 members (excludes halogenated alkanes) is 3. The van der Waals surface area contributed by atoms with E-state index in [1.807, 2.05) is 7.05 Å². The number of anilines is 1. The Bertz CT molecular complexity index is 702. The van der Waals surface area contributed by atoms with Crippen LogP contribution in [0.1, 0.15) is 66.8 Å². The monoisotopic (exact) mass is 425 g/mol. The Morgan fingerprint density at radius 1 is 1.17 bits per heavy atom. The predicted octanol–water partition coefficient (Wildman–Crippen LogP) is 3.89. The van der Waals surface area contributed by atoms with E-state index in [0.29, 0.717) is 6.29 Å². The molecule has 2 rings (SSSR count). The minimum absolute atomic E-state index is 0.0140. The van der Waals surface area contributed by atoms with E-state index in [0.717, 1.165) is 31.3 Å². The van der Waals surface area contributed by atoms with Crippen molar-refractivity contribution in [1.82, 2.24) is 15.5 Å². The summed E-state index contributed by atoms with van der Waals surface area (Å²) in [6.45, 7) is 6.39. The first-order chi connectivity index (χ1) is 14.5. The topological polar surface area (TPSA) is 113 Å². The minimum Gasteiger partial charge on any atom is -0.330 e. The number of aldehydes is 1. The maximum Gasteiger partial charge on any atom is 0.261 e. The number of halogens is 2. The van der Waals surface area contributed by atoms with Crippen LogP contribution in [0, 0.1) is 11.6 Å². The van der Waals surface area contributed by atoms with E-state index in [1.54, 1.807) is 0 Å². The molecule has 1 aromatic heterocycles. The number of nitrogens with zero attached hydrogens (tertiary/aromatic N) is 1. The van der Waals surface area contributed by atoms with Gasteiger partial charge in [-0.25, -0.2) is 8.78 Å². The fraction of sp³-hybridized carbons (Fsp3) is 0.476. The molecule has 30 heavy (non-hydrogen) atoms. The number of rotatable bonds is 9. The van der Waals surface area contributed by atoms with Gasteiger partial charge in [0.1, 0.15) is 22.9 Å². The number of amides is 1. The third-order valence-electron chi connectivity index (χ3n) is 3.81. The Morgan fingerprint density at radius 2 is 1.80 bits per heavy atom. The SMILES string of the molecule is CCCCCN.CCCCNC.O=Cc1[nH]ncc1NC(=O)c1c(F)cccc1F. The third-order valence-corrected chi connectivity index (χ3v) is 3.81. The van der Waals surface area contributed by atoms with Gasteiger partial charge in [0.05, 0.1) is 11.9 Å². The maximum absolute atomic E-state index is 13.3. The van der Waals surface area contributed by atoms with Gasteiger partial charge in [0.15, 0.2) is 6.29 Å². The lowest BCUT2D eigenvalue weighted by Gasteiger charge is -2.05. The number of aromatic nitrogens is 2. The molecule has 0 aliphatic rings. The van der Waals surface area contributed by atoms with E-state index in [9.17, 15) is 18.4 Å². The van der Waals surface area contributed by atoms with Crippen LogP contribution in [0.3, 0.4) is 0 Å². The zero-order chi connectivity index (χ0) is 22.8. The summed E-state index contributed by atoms with van der Waals surface area (Å²) >= 11 is 0. The smallest absolute Gasteiger partial charge is 0.261 e. The lowest BCUT2D eigenvalue weighted by atomic mass is 10.2. The van der Waals surface area contributed by atoms with Crippen LogP contribution in [0.15, 0.2) is 24.4 Å². The first-order valence-corrected chi connectivity index (χ1v) is 10.0. The van der Waals surface area contributed by atoms with E-state index in [2.05, 4.69) is 34.7 Å². The molecular formula is C21H33F2N5O2. The number of H-pyrrole nitrogens is 1. The van der Waals surface area contributed by atoms with Gasteiger partial charge in [-0.15, -0.1) is 0 Å². The molecule has 7 nitrogen and oxygen atoms in total. The van der Waals surface area contributed by atoms with Crippen molar-refractivity contribution in [3.63, 3.8) is 0 Å². The number of carbonyl (C=O) groups excluding carboxylic acids is 2. The second-order valence-corrected chi connectivity index (χ2v) is 6.32. The standard InChI is InChI=1S/C11H7F2N3O2.2C5H13N/c12-6-2-1-3-7(13)10(6)11(18)15-8-4-14-16-9(8)5-17;1-3-4-5-6-2;1-2-3-4-5-6/h1-5H,(H,14,16)(H,15,18);6H,3-5H2,1-2H3;2-6H2,1H3. The van der Waals surface area contributed by atoms with Gasteiger partial charge in [-0.3, -0.25) is 14.7 Å². The second-order valence-electron chi connectivity index (χ2n) is 6.32. The molecule has 168 valence electrons. The molecule has 0 bridgehead atoms. The van der Waals surface area contributed by atoms with Crippen LogP contribution >= 0.6 is 0 Å². The van der Waals surface area contributed by atoms with E-state index in [4.69, 9.17) is 5.73 Å². The van der Waals surface area contributed by atoms with Crippen molar-refractivity contribution < 1.29 is 18.4 Å². The molecule has 2 aromatic rings. The number of nitrogens with one attached hydrogen (secondary N) is 3. The molecule has 0 saturated carbocycles. The lowest BCUT2D eigenvalue weighted by molar-refractivity contribution is 0.101. The van der Waals surface area contributed by atoms with Crippen LogP contribution in [0.4, 0.5) is 14.5 Å². The summed E-state index contributed by atoms with van der Waals surface area (Å²) in [4.78, 5) is 22.2.